The summed E-state index contributed by atoms with van der Waals surface area (Å²) in [5.74, 6) is 0. The van der Waals surface area contributed by atoms with Crippen molar-refractivity contribution < 1.29 is 57.6 Å². The summed E-state index contributed by atoms with van der Waals surface area (Å²) in [4.78, 5) is 31.0. The first-order valence-corrected chi connectivity index (χ1v) is 4.59. The van der Waals surface area contributed by atoms with Crippen molar-refractivity contribution >= 4 is 53.4 Å². The zero-order valence-corrected chi connectivity index (χ0v) is 10.7. The SMILES string of the molecule is O=P(O)(O)OP(=O)(O)O.[Ca+2].[H-].[H-].[Ti]. The standard InChI is InChI=1S/Ca.H4O7P2.Ti.2H/c;1-8(2,3)7-9(4,5)6;;;/h;(H2,1,2,3)(H2,4,5,6);;;/q+2;;;2*-1. The third-order valence-electron chi connectivity index (χ3n) is 0.213. The van der Waals surface area contributed by atoms with Crippen LogP contribution in [-0.4, -0.2) is 57.3 Å². The fourth-order valence-corrected chi connectivity index (χ4v) is 1.25. The van der Waals surface area contributed by atoms with E-state index in [9.17, 15) is 9.13 Å². The predicted molar refractivity (Wildman–Crippen MR) is 33.2 cm³/mol. The molecule has 0 aliphatic heterocycles. The summed E-state index contributed by atoms with van der Waals surface area (Å²) in [6, 6.07) is 0. The van der Waals surface area contributed by atoms with Gasteiger partial charge in [-0.2, -0.15) is 4.31 Å². The third kappa shape index (κ3) is 18.9. The summed E-state index contributed by atoms with van der Waals surface area (Å²) < 4.78 is 22.2. The largest absolute Gasteiger partial charge is 2.00 e. The molecule has 64 valence electrons. The van der Waals surface area contributed by atoms with Crippen LogP contribution in [0, 0.1) is 0 Å². The smallest absolute Gasteiger partial charge is 1.00 e. The van der Waals surface area contributed by atoms with E-state index < -0.39 is 15.6 Å². The maximum atomic E-state index is 9.63. The molecule has 0 saturated heterocycles. The molecule has 0 spiro atoms. The molecule has 0 fully saturated rings. The molecule has 0 bridgehead atoms. The minimum atomic E-state index is -5.05. The Morgan fingerprint density at radius 1 is 1.00 bits per heavy atom. The van der Waals surface area contributed by atoms with Gasteiger partial charge in [-0.25, -0.2) is 9.13 Å². The van der Waals surface area contributed by atoms with E-state index in [1.165, 1.54) is 0 Å². The summed E-state index contributed by atoms with van der Waals surface area (Å²) in [7, 11) is -10.1. The molecule has 0 radical (unpaired) electrons. The quantitative estimate of drug-likeness (QED) is 0.375. The Hall–Kier alpha value is 2.23. The van der Waals surface area contributed by atoms with Gasteiger partial charge >= 0.3 is 53.4 Å². The van der Waals surface area contributed by atoms with Crippen LogP contribution in [0.1, 0.15) is 2.85 Å². The first kappa shape index (κ1) is 18.9. The number of rotatable bonds is 2. The fraction of sp³-hybridized carbons (Fsp3) is 0. The van der Waals surface area contributed by atoms with Gasteiger partial charge in [-0.1, -0.05) is 0 Å². The van der Waals surface area contributed by atoms with Gasteiger partial charge in [0, 0.05) is 21.7 Å². The Kier molecular flexibility index (Phi) is 11.4. The van der Waals surface area contributed by atoms with Crippen LogP contribution in [-0.2, 0) is 35.2 Å². The summed E-state index contributed by atoms with van der Waals surface area (Å²) >= 11 is 0. The minimum Gasteiger partial charge on any atom is -1.00 e. The molecular weight excluding hydrogens is 262 g/mol. The average Bonchev–Trinajstić information content (AvgIpc) is 1.14. The summed E-state index contributed by atoms with van der Waals surface area (Å²) in [6.07, 6.45) is 0. The molecule has 0 aromatic heterocycles. The van der Waals surface area contributed by atoms with Gasteiger partial charge in [0.2, 0.25) is 0 Å². The van der Waals surface area contributed by atoms with E-state index in [1.54, 1.807) is 0 Å². The molecule has 0 aromatic carbocycles. The molecule has 0 unspecified atom stereocenters. The average molecular weight is 268 g/mol. The molecular formula is H6CaO7P2Ti. The summed E-state index contributed by atoms with van der Waals surface area (Å²) in [6.45, 7) is 0. The number of phosphoric acid groups is 2. The second-order valence-corrected chi connectivity index (χ2v) is 3.68. The first-order valence-electron chi connectivity index (χ1n) is 1.53. The first-order chi connectivity index (χ1) is 3.71. The zero-order chi connectivity index (χ0) is 7.71. The van der Waals surface area contributed by atoms with E-state index in [0.717, 1.165) is 0 Å². The van der Waals surface area contributed by atoms with Gasteiger partial charge in [-0.3, -0.25) is 0 Å². The van der Waals surface area contributed by atoms with E-state index in [1.807, 2.05) is 0 Å². The molecule has 11 heteroatoms. The number of hydrogen-bond donors (Lipinski definition) is 4. The predicted octanol–water partition coefficient (Wildman–Crippen LogP) is -0.970. The summed E-state index contributed by atoms with van der Waals surface area (Å²) in [5.41, 5.74) is 0. The monoisotopic (exact) mass is 268 g/mol. The van der Waals surface area contributed by atoms with Crippen molar-refractivity contribution in [2.75, 3.05) is 0 Å². The van der Waals surface area contributed by atoms with Crippen molar-refractivity contribution in [1.29, 1.82) is 0 Å². The van der Waals surface area contributed by atoms with Crippen LogP contribution in [0.2, 0.25) is 0 Å². The van der Waals surface area contributed by atoms with E-state index >= 15 is 0 Å². The molecule has 0 saturated carbocycles. The molecule has 0 aromatic rings. The second kappa shape index (κ2) is 6.65. The van der Waals surface area contributed by atoms with Crippen LogP contribution in [0.15, 0.2) is 0 Å². The Morgan fingerprint density at radius 2 is 1.18 bits per heavy atom. The molecule has 0 heterocycles. The van der Waals surface area contributed by atoms with E-state index in [4.69, 9.17) is 19.6 Å². The Balaban J connectivity index is -0.0000000533. The van der Waals surface area contributed by atoms with Crippen molar-refractivity contribution in [3.05, 3.63) is 0 Å². The molecule has 11 heavy (non-hydrogen) atoms. The van der Waals surface area contributed by atoms with Crippen LogP contribution in [0.4, 0.5) is 0 Å². The topological polar surface area (TPSA) is 124 Å². The van der Waals surface area contributed by atoms with E-state index in [0.29, 0.717) is 0 Å². The van der Waals surface area contributed by atoms with Gasteiger partial charge < -0.3 is 22.4 Å². The van der Waals surface area contributed by atoms with Gasteiger partial charge in [0.05, 0.1) is 0 Å². The third-order valence-corrected chi connectivity index (χ3v) is 1.91. The second-order valence-electron chi connectivity index (χ2n) is 1.06. The van der Waals surface area contributed by atoms with Crippen molar-refractivity contribution in [2.24, 2.45) is 0 Å². The van der Waals surface area contributed by atoms with Crippen LogP contribution in [0.3, 0.4) is 0 Å². The molecule has 0 atom stereocenters. The number of hydrogen-bond acceptors (Lipinski definition) is 3. The maximum Gasteiger partial charge on any atom is 2.00 e. The normalized spacial score (nSPS) is 11.3. The van der Waals surface area contributed by atoms with Gasteiger partial charge in [-0.05, 0) is 0 Å². The maximum absolute atomic E-state index is 9.63. The van der Waals surface area contributed by atoms with Crippen molar-refractivity contribution in [1.82, 2.24) is 0 Å². The van der Waals surface area contributed by atoms with Crippen LogP contribution < -0.4 is 0 Å². The van der Waals surface area contributed by atoms with Gasteiger partial charge in [-0.15, -0.1) is 0 Å². The molecule has 0 rings (SSSR count). The van der Waals surface area contributed by atoms with Crippen molar-refractivity contribution in [3.8, 4) is 0 Å². The van der Waals surface area contributed by atoms with Gasteiger partial charge in [0.15, 0.2) is 0 Å². The van der Waals surface area contributed by atoms with Crippen LogP contribution in [0.5, 0.6) is 0 Å². The van der Waals surface area contributed by atoms with E-state index in [-0.39, 0.29) is 62.3 Å². The van der Waals surface area contributed by atoms with Crippen LogP contribution >= 0.6 is 15.6 Å². The fourth-order valence-electron chi connectivity index (χ4n) is 0.139. The minimum absolute atomic E-state index is 0. The molecule has 7 nitrogen and oxygen atoms in total. The van der Waals surface area contributed by atoms with Crippen molar-refractivity contribution in [3.63, 3.8) is 0 Å². The molecule has 4 N–H and O–H groups in total. The Labute approximate surface area is 110 Å². The molecule has 0 aliphatic carbocycles. The van der Waals surface area contributed by atoms with E-state index in [2.05, 4.69) is 4.31 Å². The van der Waals surface area contributed by atoms with Crippen LogP contribution in [0.25, 0.3) is 0 Å². The Morgan fingerprint density at radius 3 is 1.18 bits per heavy atom. The van der Waals surface area contributed by atoms with Gasteiger partial charge in [0.25, 0.3) is 0 Å². The molecule has 0 amide bonds. The zero-order valence-electron chi connectivity index (χ0n) is 7.12. The van der Waals surface area contributed by atoms with Crippen molar-refractivity contribution in [2.45, 2.75) is 0 Å². The summed E-state index contributed by atoms with van der Waals surface area (Å²) in [5, 5.41) is 0. The Bertz CT molecular complexity index is 165. The molecule has 0 aliphatic rings. The van der Waals surface area contributed by atoms with Gasteiger partial charge in [0.1, 0.15) is 0 Å².